The molecule has 72 valence electrons. The van der Waals surface area contributed by atoms with Crippen molar-refractivity contribution in [2.24, 2.45) is 4.99 Å². The number of hydrogen-bond donors (Lipinski definition) is 1. The van der Waals surface area contributed by atoms with E-state index in [1.54, 1.807) is 32.2 Å². The first-order valence-corrected chi connectivity index (χ1v) is 4.10. The number of carbonyl (C=O) groups is 1. The summed E-state index contributed by atoms with van der Waals surface area (Å²) >= 11 is 0. The summed E-state index contributed by atoms with van der Waals surface area (Å²) < 4.78 is 0. The predicted molar refractivity (Wildman–Crippen MR) is 52.4 cm³/mol. The highest BCUT2D eigenvalue weighted by Crippen LogP contribution is 2.20. The predicted octanol–water partition coefficient (Wildman–Crippen LogP) is 1.32. The normalized spacial score (nSPS) is 9.00. The minimum atomic E-state index is -0.189. The van der Waals surface area contributed by atoms with Crippen LogP contribution in [0.5, 0.6) is 0 Å². The van der Waals surface area contributed by atoms with Crippen LogP contribution in [0.3, 0.4) is 0 Å². The van der Waals surface area contributed by atoms with Crippen LogP contribution in [0.4, 0.5) is 5.69 Å². The van der Waals surface area contributed by atoms with Crippen molar-refractivity contribution in [1.82, 2.24) is 5.32 Å². The molecule has 0 radical (unpaired) electrons. The van der Waals surface area contributed by atoms with E-state index in [9.17, 15) is 9.59 Å². The summed E-state index contributed by atoms with van der Waals surface area (Å²) in [7, 11) is 1.55. The van der Waals surface area contributed by atoms with Gasteiger partial charge in [-0.25, -0.2) is 4.79 Å². The van der Waals surface area contributed by atoms with E-state index in [0.29, 0.717) is 16.8 Å². The monoisotopic (exact) mass is 190 g/mol. The fourth-order valence-electron chi connectivity index (χ4n) is 1.17. The third-order valence-corrected chi connectivity index (χ3v) is 1.94. The van der Waals surface area contributed by atoms with Gasteiger partial charge in [0.1, 0.15) is 0 Å². The van der Waals surface area contributed by atoms with Gasteiger partial charge >= 0.3 is 0 Å². The number of rotatable bonds is 2. The van der Waals surface area contributed by atoms with Crippen molar-refractivity contribution in [3.8, 4) is 0 Å². The molecule has 0 aliphatic carbocycles. The quantitative estimate of drug-likeness (QED) is 0.564. The van der Waals surface area contributed by atoms with Gasteiger partial charge in [0.2, 0.25) is 6.08 Å². The van der Waals surface area contributed by atoms with Crippen LogP contribution in [-0.2, 0) is 4.79 Å². The molecule has 0 saturated carbocycles. The molecule has 0 aliphatic heterocycles. The maximum atomic E-state index is 11.3. The molecule has 1 aromatic rings. The molecular formula is C10H10N2O2. The fraction of sp³-hybridized carbons (Fsp3) is 0.200. The Kier molecular flexibility index (Phi) is 3.15. The second kappa shape index (κ2) is 4.35. The smallest absolute Gasteiger partial charge is 0.251 e. The van der Waals surface area contributed by atoms with Crippen LogP contribution in [0.15, 0.2) is 23.2 Å². The molecule has 0 spiro atoms. The van der Waals surface area contributed by atoms with E-state index in [0.717, 1.165) is 0 Å². The molecule has 1 rings (SSSR count). The Morgan fingerprint density at radius 3 is 2.79 bits per heavy atom. The Labute approximate surface area is 81.7 Å². The lowest BCUT2D eigenvalue weighted by Crippen LogP contribution is -2.18. The number of isocyanates is 1. The van der Waals surface area contributed by atoms with E-state index >= 15 is 0 Å². The van der Waals surface area contributed by atoms with Gasteiger partial charge in [-0.05, 0) is 24.6 Å². The summed E-state index contributed by atoms with van der Waals surface area (Å²) in [5.41, 5.74) is 1.67. The Balaban J connectivity index is 3.26. The summed E-state index contributed by atoms with van der Waals surface area (Å²) in [6.45, 7) is 1.74. The highest BCUT2D eigenvalue weighted by molar-refractivity contribution is 5.96. The number of nitrogens with one attached hydrogen (secondary N) is 1. The molecule has 4 heteroatoms. The van der Waals surface area contributed by atoms with Crippen molar-refractivity contribution >= 4 is 17.7 Å². The molecule has 4 nitrogen and oxygen atoms in total. The van der Waals surface area contributed by atoms with Gasteiger partial charge in [-0.3, -0.25) is 4.79 Å². The lowest BCUT2D eigenvalue weighted by molar-refractivity contribution is 0.0962. The van der Waals surface area contributed by atoms with E-state index in [2.05, 4.69) is 10.3 Å². The second-order valence-corrected chi connectivity index (χ2v) is 2.73. The van der Waals surface area contributed by atoms with Gasteiger partial charge < -0.3 is 5.32 Å². The number of hydrogen-bond acceptors (Lipinski definition) is 3. The lowest BCUT2D eigenvalue weighted by atomic mass is 10.1. The lowest BCUT2D eigenvalue weighted by Gasteiger charge is -2.05. The van der Waals surface area contributed by atoms with Gasteiger partial charge in [-0.15, -0.1) is 0 Å². The van der Waals surface area contributed by atoms with Crippen molar-refractivity contribution < 1.29 is 9.59 Å². The highest BCUT2D eigenvalue weighted by atomic mass is 16.1. The second-order valence-electron chi connectivity index (χ2n) is 2.73. The SMILES string of the molecule is CNC(=O)c1cccc(N=C=O)c1C. The topological polar surface area (TPSA) is 58.5 Å². The maximum Gasteiger partial charge on any atom is 0.251 e. The van der Waals surface area contributed by atoms with E-state index in [1.807, 2.05) is 0 Å². The molecule has 0 bridgehead atoms. The summed E-state index contributed by atoms with van der Waals surface area (Å²) in [5.74, 6) is -0.189. The molecule has 0 aromatic heterocycles. The molecule has 0 heterocycles. The minimum Gasteiger partial charge on any atom is -0.355 e. The van der Waals surface area contributed by atoms with Gasteiger partial charge in [0.05, 0.1) is 5.69 Å². The summed E-state index contributed by atoms with van der Waals surface area (Å²) in [4.78, 5) is 24.9. The number of benzene rings is 1. The average Bonchev–Trinajstić information content (AvgIpc) is 2.20. The standard InChI is InChI=1S/C10H10N2O2/c1-7-8(10(14)11-2)4-3-5-9(7)12-6-13/h3-5H,1-2H3,(H,11,14). The molecule has 1 N–H and O–H groups in total. The first-order chi connectivity index (χ1) is 6.70. The van der Waals surface area contributed by atoms with Gasteiger partial charge in [0, 0.05) is 12.6 Å². The van der Waals surface area contributed by atoms with Crippen LogP contribution in [0.2, 0.25) is 0 Å². The van der Waals surface area contributed by atoms with Gasteiger partial charge in [0.25, 0.3) is 5.91 Å². The molecular weight excluding hydrogens is 180 g/mol. The Bertz CT molecular complexity index is 407. The highest BCUT2D eigenvalue weighted by Gasteiger charge is 2.08. The van der Waals surface area contributed by atoms with Gasteiger partial charge in [-0.2, -0.15) is 4.99 Å². The van der Waals surface area contributed by atoms with Crippen molar-refractivity contribution in [2.75, 3.05) is 7.05 Å². The third-order valence-electron chi connectivity index (χ3n) is 1.94. The molecule has 14 heavy (non-hydrogen) atoms. The van der Waals surface area contributed by atoms with Gasteiger partial charge in [0.15, 0.2) is 0 Å². The number of carbonyl (C=O) groups excluding carboxylic acids is 2. The number of aliphatic imine (C=N–C) groups is 1. The van der Waals surface area contributed by atoms with Crippen LogP contribution in [0, 0.1) is 6.92 Å². The van der Waals surface area contributed by atoms with E-state index in [4.69, 9.17) is 0 Å². The summed E-state index contributed by atoms with van der Waals surface area (Å²) in [6.07, 6.45) is 1.45. The fourth-order valence-corrected chi connectivity index (χ4v) is 1.17. The van der Waals surface area contributed by atoms with E-state index in [1.165, 1.54) is 6.08 Å². The van der Waals surface area contributed by atoms with Crippen LogP contribution in [0.25, 0.3) is 0 Å². The first kappa shape index (κ1) is 10.2. The van der Waals surface area contributed by atoms with Crippen LogP contribution >= 0.6 is 0 Å². The molecule has 0 aliphatic rings. The molecule has 1 amide bonds. The van der Waals surface area contributed by atoms with Crippen molar-refractivity contribution in [3.63, 3.8) is 0 Å². The third kappa shape index (κ3) is 1.87. The number of amides is 1. The molecule has 0 saturated heterocycles. The Hall–Kier alpha value is -1.93. The largest absolute Gasteiger partial charge is 0.355 e. The van der Waals surface area contributed by atoms with Crippen molar-refractivity contribution in [3.05, 3.63) is 29.3 Å². The summed E-state index contributed by atoms with van der Waals surface area (Å²) in [6, 6.07) is 5.01. The molecule has 0 atom stereocenters. The molecule has 1 aromatic carbocycles. The molecule has 0 fully saturated rings. The zero-order valence-corrected chi connectivity index (χ0v) is 8.00. The van der Waals surface area contributed by atoms with Gasteiger partial charge in [-0.1, -0.05) is 6.07 Å². The van der Waals surface area contributed by atoms with E-state index in [-0.39, 0.29) is 5.91 Å². The summed E-state index contributed by atoms with van der Waals surface area (Å²) in [5, 5.41) is 2.51. The van der Waals surface area contributed by atoms with Crippen molar-refractivity contribution in [1.29, 1.82) is 0 Å². The molecule has 0 unspecified atom stereocenters. The average molecular weight is 190 g/mol. The van der Waals surface area contributed by atoms with Crippen molar-refractivity contribution in [2.45, 2.75) is 6.92 Å². The Morgan fingerprint density at radius 2 is 2.21 bits per heavy atom. The van der Waals surface area contributed by atoms with Crippen LogP contribution < -0.4 is 5.32 Å². The zero-order chi connectivity index (χ0) is 10.6. The minimum absolute atomic E-state index is 0.189. The number of nitrogens with zero attached hydrogens (tertiary/aromatic N) is 1. The van der Waals surface area contributed by atoms with Crippen LogP contribution in [0.1, 0.15) is 15.9 Å². The Morgan fingerprint density at radius 1 is 1.50 bits per heavy atom. The zero-order valence-electron chi connectivity index (χ0n) is 8.00. The van der Waals surface area contributed by atoms with E-state index < -0.39 is 0 Å². The maximum absolute atomic E-state index is 11.3. The first-order valence-electron chi connectivity index (χ1n) is 4.10. The van der Waals surface area contributed by atoms with Crippen LogP contribution in [-0.4, -0.2) is 19.0 Å².